The molecular weight excluding hydrogens is 520 g/mol. The SMILES string of the molecule is C.C[C@H](NC(=O)C(CO)NC(=O)C(N)CC1=CCN(C(=N)N)C1)C(=O)NC(Cc1c[nH]c2ccccc12)C(=O)O. The number of amides is 3. The highest BCUT2D eigenvalue weighted by atomic mass is 16.4. The Hall–Kier alpha value is -4.43. The van der Waals surface area contributed by atoms with Crippen molar-refractivity contribution in [1.82, 2.24) is 25.8 Å². The second-order valence-corrected chi connectivity index (χ2v) is 9.38. The van der Waals surface area contributed by atoms with Crippen LogP contribution >= 0.6 is 0 Å². The highest BCUT2D eigenvalue weighted by molar-refractivity contribution is 5.94. The molecule has 2 heterocycles. The van der Waals surface area contributed by atoms with Gasteiger partial charge in [-0.05, 0) is 25.0 Å². The molecule has 0 fully saturated rings. The lowest BCUT2D eigenvalue weighted by Gasteiger charge is -2.22. The number of aliphatic carboxylic acids is 1. The molecule has 0 radical (unpaired) electrons. The van der Waals surface area contributed by atoms with Crippen molar-refractivity contribution in [2.24, 2.45) is 11.5 Å². The maximum atomic E-state index is 12.7. The van der Waals surface area contributed by atoms with Crippen molar-refractivity contribution in [2.45, 2.75) is 51.4 Å². The normalized spacial score (nSPS) is 15.7. The average molecular weight is 559 g/mol. The molecule has 1 aliphatic rings. The van der Waals surface area contributed by atoms with Crippen LogP contribution in [-0.2, 0) is 25.6 Å². The number of hydrogen-bond acceptors (Lipinski definition) is 7. The number of para-hydroxylation sites is 1. The van der Waals surface area contributed by atoms with Gasteiger partial charge in [-0.3, -0.25) is 19.8 Å². The van der Waals surface area contributed by atoms with Gasteiger partial charge in [0.05, 0.1) is 12.6 Å². The maximum Gasteiger partial charge on any atom is 0.326 e. The minimum Gasteiger partial charge on any atom is -0.480 e. The minimum absolute atomic E-state index is 0. The van der Waals surface area contributed by atoms with Crippen LogP contribution in [0.5, 0.6) is 0 Å². The maximum absolute atomic E-state index is 12.7. The van der Waals surface area contributed by atoms with Crippen LogP contribution in [-0.4, -0.2) is 93.6 Å². The van der Waals surface area contributed by atoms with E-state index in [1.807, 2.05) is 30.3 Å². The van der Waals surface area contributed by atoms with E-state index in [4.69, 9.17) is 16.9 Å². The van der Waals surface area contributed by atoms with Gasteiger partial charge in [0.2, 0.25) is 17.7 Å². The van der Waals surface area contributed by atoms with Crippen LogP contribution in [0.25, 0.3) is 10.9 Å². The summed E-state index contributed by atoms with van der Waals surface area (Å²) in [6, 6.07) is 2.53. The first-order valence-electron chi connectivity index (χ1n) is 12.3. The monoisotopic (exact) mass is 558 g/mol. The molecule has 218 valence electrons. The molecule has 3 amide bonds. The number of fused-ring (bicyclic) bond motifs is 1. The Bertz CT molecular complexity index is 1270. The first-order valence-corrected chi connectivity index (χ1v) is 12.3. The van der Waals surface area contributed by atoms with Crippen molar-refractivity contribution in [1.29, 1.82) is 5.41 Å². The van der Waals surface area contributed by atoms with E-state index in [2.05, 4.69) is 20.9 Å². The van der Waals surface area contributed by atoms with Gasteiger partial charge >= 0.3 is 5.97 Å². The van der Waals surface area contributed by atoms with Gasteiger partial charge in [-0.1, -0.05) is 37.3 Å². The van der Waals surface area contributed by atoms with Crippen LogP contribution in [0.15, 0.2) is 42.1 Å². The van der Waals surface area contributed by atoms with Crippen LogP contribution < -0.4 is 27.4 Å². The number of benzene rings is 1. The summed E-state index contributed by atoms with van der Waals surface area (Å²) in [5.74, 6) is -3.62. The summed E-state index contributed by atoms with van der Waals surface area (Å²) in [4.78, 5) is 54.3. The van der Waals surface area contributed by atoms with Gasteiger partial charge in [0.25, 0.3) is 0 Å². The number of hydrogen-bond donors (Lipinski definition) is 9. The van der Waals surface area contributed by atoms with Gasteiger partial charge in [-0.25, -0.2) is 4.79 Å². The Labute approximate surface area is 231 Å². The number of guanidine groups is 1. The highest BCUT2D eigenvalue weighted by Gasteiger charge is 2.29. The number of nitrogens with one attached hydrogen (secondary N) is 5. The van der Waals surface area contributed by atoms with E-state index < -0.39 is 54.5 Å². The molecule has 0 spiro atoms. The molecule has 0 bridgehead atoms. The van der Waals surface area contributed by atoms with Crippen LogP contribution in [0.3, 0.4) is 0 Å². The molecule has 0 saturated heterocycles. The summed E-state index contributed by atoms with van der Waals surface area (Å²) in [5.41, 5.74) is 13.8. The van der Waals surface area contributed by atoms with Gasteiger partial charge in [0, 0.05) is 36.6 Å². The van der Waals surface area contributed by atoms with Crippen LogP contribution in [0.1, 0.15) is 26.3 Å². The lowest BCUT2D eigenvalue weighted by molar-refractivity contribution is -0.142. The Morgan fingerprint density at radius 3 is 2.38 bits per heavy atom. The number of nitrogens with zero attached hydrogens (tertiary/aromatic N) is 1. The number of nitrogens with two attached hydrogens (primary N) is 2. The Morgan fingerprint density at radius 1 is 1.07 bits per heavy atom. The van der Waals surface area contributed by atoms with Gasteiger partial charge in [0.15, 0.2) is 5.96 Å². The van der Waals surface area contributed by atoms with Gasteiger partial charge in [-0.2, -0.15) is 0 Å². The third-order valence-electron chi connectivity index (χ3n) is 6.44. The molecule has 0 aliphatic carbocycles. The van der Waals surface area contributed by atoms with E-state index in [1.165, 1.54) is 6.92 Å². The van der Waals surface area contributed by atoms with Crippen LogP contribution in [0, 0.1) is 5.41 Å². The number of aromatic nitrogens is 1. The number of H-pyrrole nitrogens is 1. The quantitative estimate of drug-likeness (QED) is 0.0857. The average Bonchev–Trinajstić information content (AvgIpc) is 3.53. The standard InChI is InChI=1S/C25H34N8O6.CH4/c1-13(21(35)31-19(24(38)39)9-15-10-29-18-5-3-2-4-16(15)18)30-23(37)20(12-34)32-22(36)17(26)8-14-6-7-33(11-14)25(27)28;/h2-6,10,13,17,19-20,29,34H,7-9,11-12,26H2,1H3,(H3,27,28)(H,30,37)(H,31,35)(H,32,36)(H,38,39);1H4/t13-,17?,19?,20?;/m0./s1. The summed E-state index contributed by atoms with van der Waals surface area (Å²) in [6.07, 6.45) is 3.68. The van der Waals surface area contributed by atoms with Gasteiger partial charge < -0.3 is 47.5 Å². The number of carboxylic acid groups (broad SMARTS) is 1. The summed E-state index contributed by atoms with van der Waals surface area (Å²) >= 11 is 0. The molecule has 3 rings (SSSR count). The third-order valence-corrected chi connectivity index (χ3v) is 6.44. The van der Waals surface area contributed by atoms with E-state index in [1.54, 1.807) is 11.1 Å². The third kappa shape index (κ3) is 8.04. The van der Waals surface area contributed by atoms with E-state index in [-0.39, 0.29) is 26.2 Å². The summed E-state index contributed by atoms with van der Waals surface area (Å²) in [7, 11) is 0. The van der Waals surface area contributed by atoms with Crippen molar-refractivity contribution in [2.75, 3.05) is 19.7 Å². The second kappa shape index (κ2) is 14.1. The molecule has 3 unspecified atom stereocenters. The number of aromatic amines is 1. The summed E-state index contributed by atoms with van der Waals surface area (Å²) in [6.45, 7) is 1.40. The lowest BCUT2D eigenvalue weighted by Crippen LogP contribution is -2.57. The number of aliphatic hydroxyl groups excluding tert-OH is 1. The van der Waals surface area contributed by atoms with E-state index >= 15 is 0 Å². The molecule has 2 aromatic rings. The smallest absolute Gasteiger partial charge is 0.326 e. The van der Waals surface area contributed by atoms with E-state index in [9.17, 15) is 29.4 Å². The molecule has 1 aliphatic heterocycles. The molecule has 11 N–H and O–H groups in total. The zero-order chi connectivity index (χ0) is 28.7. The molecule has 40 heavy (non-hydrogen) atoms. The Balaban J connectivity index is 0.00000560. The number of carboxylic acids is 1. The predicted molar refractivity (Wildman–Crippen MR) is 149 cm³/mol. The zero-order valence-corrected chi connectivity index (χ0v) is 21.4. The zero-order valence-electron chi connectivity index (χ0n) is 21.4. The molecular formula is C26H38N8O6. The number of rotatable bonds is 12. The van der Waals surface area contributed by atoms with Crippen molar-refractivity contribution in [3.8, 4) is 0 Å². The molecule has 4 atom stereocenters. The topological polar surface area (TPSA) is 240 Å². The van der Waals surface area contributed by atoms with Crippen molar-refractivity contribution in [3.63, 3.8) is 0 Å². The van der Waals surface area contributed by atoms with Crippen LogP contribution in [0.4, 0.5) is 0 Å². The second-order valence-electron chi connectivity index (χ2n) is 9.38. The van der Waals surface area contributed by atoms with Gasteiger partial charge in [-0.15, -0.1) is 0 Å². The van der Waals surface area contributed by atoms with Crippen LogP contribution in [0.2, 0.25) is 0 Å². The summed E-state index contributed by atoms with van der Waals surface area (Å²) < 4.78 is 0. The minimum atomic E-state index is -1.38. The van der Waals surface area contributed by atoms with Crippen molar-refractivity contribution >= 4 is 40.6 Å². The fraction of sp³-hybridized carbons (Fsp3) is 0.423. The Kier molecular flexibility index (Phi) is 11.2. The number of aliphatic hydroxyl groups is 1. The fourth-order valence-corrected chi connectivity index (χ4v) is 4.19. The fourth-order valence-electron chi connectivity index (χ4n) is 4.19. The molecule has 14 heteroatoms. The number of carbonyl (C=O) groups is 4. The molecule has 14 nitrogen and oxygen atoms in total. The Morgan fingerprint density at radius 2 is 1.75 bits per heavy atom. The first-order chi connectivity index (χ1) is 18.5. The van der Waals surface area contributed by atoms with Crippen molar-refractivity contribution < 1.29 is 29.4 Å². The largest absolute Gasteiger partial charge is 0.480 e. The van der Waals surface area contributed by atoms with E-state index in [0.717, 1.165) is 16.5 Å². The molecule has 1 aromatic heterocycles. The summed E-state index contributed by atoms with van der Waals surface area (Å²) in [5, 5.41) is 34.8. The lowest BCUT2D eigenvalue weighted by atomic mass is 10.0. The van der Waals surface area contributed by atoms with E-state index in [0.29, 0.717) is 18.7 Å². The van der Waals surface area contributed by atoms with Crippen molar-refractivity contribution in [3.05, 3.63) is 47.7 Å². The van der Waals surface area contributed by atoms with Gasteiger partial charge in [0.1, 0.15) is 18.1 Å². The highest BCUT2D eigenvalue weighted by Crippen LogP contribution is 2.19. The first kappa shape index (κ1) is 31.8. The molecule has 1 aromatic carbocycles. The molecule has 0 saturated carbocycles. The predicted octanol–water partition coefficient (Wildman–Crippen LogP) is -1.25. The number of carbonyl (C=O) groups excluding carboxylic acids is 3.